The maximum Gasteiger partial charge on any atom is 0.304 e. The highest BCUT2D eigenvalue weighted by atomic mass is 32.1. The smallest absolute Gasteiger partial charge is 0.304 e. The minimum absolute atomic E-state index is 0.0395. The molecule has 0 amide bonds. The molecule has 0 spiro atoms. The molecule has 6 heteroatoms. The van der Waals surface area contributed by atoms with Gasteiger partial charge >= 0.3 is 5.97 Å². The van der Waals surface area contributed by atoms with E-state index in [1.54, 1.807) is 6.92 Å². The van der Waals surface area contributed by atoms with Crippen molar-refractivity contribution in [2.45, 2.75) is 19.3 Å². The average Bonchev–Trinajstić information content (AvgIpc) is 2.84. The number of aryl methyl sites for hydroxylation is 1. The van der Waals surface area contributed by atoms with Gasteiger partial charge in [0.2, 0.25) is 11.8 Å². The van der Waals surface area contributed by atoms with Gasteiger partial charge in [0.05, 0.1) is 12.3 Å². The van der Waals surface area contributed by atoms with Gasteiger partial charge in [0.15, 0.2) is 0 Å². The molecule has 2 aromatic heterocycles. The lowest BCUT2D eigenvalue weighted by Crippen LogP contribution is -2.07. The van der Waals surface area contributed by atoms with Crippen LogP contribution in [0, 0.1) is 6.92 Å². The van der Waals surface area contributed by atoms with Crippen LogP contribution in [0.15, 0.2) is 21.9 Å². The van der Waals surface area contributed by atoms with Gasteiger partial charge in [0, 0.05) is 11.8 Å². The Hall–Kier alpha value is -1.69. The molecule has 0 aliphatic carbocycles. The minimum Gasteiger partial charge on any atom is -0.481 e. The Morgan fingerprint density at radius 1 is 1.62 bits per heavy atom. The van der Waals surface area contributed by atoms with Crippen LogP contribution in [0.3, 0.4) is 0 Å². The van der Waals surface area contributed by atoms with E-state index in [-0.39, 0.29) is 12.3 Å². The molecule has 0 aliphatic rings. The van der Waals surface area contributed by atoms with Gasteiger partial charge in [-0.3, -0.25) is 4.79 Å². The molecular weight excluding hydrogens is 228 g/mol. The average molecular weight is 238 g/mol. The van der Waals surface area contributed by atoms with Gasteiger partial charge < -0.3 is 9.52 Å². The molecule has 84 valence electrons. The lowest BCUT2D eigenvalue weighted by molar-refractivity contribution is -0.137. The summed E-state index contributed by atoms with van der Waals surface area (Å²) in [5, 5.41) is 18.4. The first-order chi connectivity index (χ1) is 7.66. The highest BCUT2D eigenvalue weighted by Crippen LogP contribution is 2.30. The predicted molar refractivity (Wildman–Crippen MR) is 57.4 cm³/mol. The van der Waals surface area contributed by atoms with E-state index >= 15 is 0 Å². The van der Waals surface area contributed by atoms with Crippen molar-refractivity contribution in [1.82, 2.24) is 10.2 Å². The molecular formula is C10H10N2O3S. The second kappa shape index (κ2) is 4.44. The van der Waals surface area contributed by atoms with Gasteiger partial charge in [-0.2, -0.15) is 0 Å². The molecule has 0 aliphatic heterocycles. The van der Waals surface area contributed by atoms with Gasteiger partial charge in [-0.25, -0.2) is 0 Å². The first-order valence-corrected chi connectivity index (χ1v) is 5.60. The summed E-state index contributed by atoms with van der Waals surface area (Å²) < 4.78 is 5.29. The van der Waals surface area contributed by atoms with Gasteiger partial charge in [0.1, 0.15) is 0 Å². The predicted octanol–water partition coefficient (Wildman–Crippen LogP) is 2.05. The number of aliphatic carboxylic acids is 1. The normalized spacial score (nSPS) is 12.6. The molecule has 5 nitrogen and oxygen atoms in total. The van der Waals surface area contributed by atoms with Crippen LogP contribution in [0.5, 0.6) is 0 Å². The van der Waals surface area contributed by atoms with Crippen molar-refractivity contribution in [2.75, 3.05) is 0 Å². The van der Waals surface area contributed by atoms with E-state index in [0.717, 1.165) is 4.88 Å². The van der Waals surface area contributed by atoms with E-state index < -0.39 is 5.97 Å². The molecule has 0 radical (unpaired) electrons. The summed E-state index contributed by atoms with van der Waals surface area (Å²) >= 11 is 1.49. The summed E-state index contributed by atoms with van der Waals surface area (Å²) in [4.78, 5) is 11.7. The quantitative estimate of drug-likeness (QED) is 0.882. The zero-order valence-electron chi connectivity index (χ0n) is 8.58. The molecule has 0 bridgehead atoms. The number of carboxylic acids is 1. The van der Waals surface area contributed by atoms with Crippen molar-refractivity contribution in [2.24, 2.45) is 0 Å². The Balaban J connectivity index is 2.31. The number of nitrogens with zero attached hydrogens (tertiary/aromatic N) is 2. The Bertz CT molecular complexity index is 478. The lowest BCUT2D eigenvalue weighted by Gasteiger charge is -2.07. The van der Waals surface area contributed by atoms with Crippen LogP contribution < -0.4 is 0 Å². The third kappa shape index (κ3) is 2.27. The van der Waals surface area contributed by atoms with E-state index in [2.05, 4.69) is 10.2 Å². The molecule has 0 saturated carbocycles. The number of hydrogen-bond donors (Lipinski definition) is 1. The van der Waals surface area contributed by atoms with Crippen molar-refractivity contribution >= 4 is 17.3 Å². The van der Waals surface area contributed by atoms with Gasteiger partial charge in [-0.05, 0) is 11.4 Å². The molecule has 1 atom stereocenters. The third-order valence-electron chi connectivity index (χ3n) is 2.11. The Morgan fingerprint density at radius 3 is 2.94 bits per heavy atom. The zero-order valence-corrected chi connectivity index (χ0v) is 9.40. The Morgan fingerprint density at radius 2 is 2.44 bits per heavy atom. The molecule has 2 heterocycles. The lowest BCUT2D eigenvalue weighted by atomic mass is 10.0. The van der Waals surface area contributed by atoms with E-state index in [9.17, 15) is 4.79 Å². The van der Waals surface area contributed by atoms with Gasteiger partial charge in [0.25, 0.3) is 0 Å². The second-order valence-corrected chi connectivity index (χ2v) is 4.30. The summed E-state index contributed by atoms with van der Waals surface area (Å²) in [6.07, 6.45) is -0.0395. The highest BCUT2D eigenvalue weighted by Gasteiger charge is 2.24. The Kier molecular flexibility index (Phi) is 3.00. The van der Waals surface area contributed by atoms with Crippen LogP contribution in [0.25, 0.3) is 0 Å². The van der Waals surface area contributed by atoms with Crippen LogP contribution in [0.4, 0.5) is 0 Å². The number of thiophene rings is 1. The van der Waals surface area contributed by atoms with Crippen molar-refractivity contribution < 1.29 is 14.3 Å². The topological polar surface area (TPSA) is 76.2 Å². The molecule has 1 N–H and O–H groups in total. The third-order valence-corrected chi connectivity index (χ3v) is 3.09. The fourth-order valence-corrected chi connectivity index (χ4v) is 2.25. The highest BCUT2D eigenvalue weighted by molar-refractivity contribution is 7.10. The number of carboxylic acid groups (broad SMARTS) is 1. The number of rotatable bonds is 4. The van der Waals surface area contributed by atoms with Crippen LogP contribution in [0.1, 0.15) is 29.0 Å². The van der Waals surface area contributed by atoms with E-state index in [1.165, 1.54) is 11.3 Å². The summed E-state index contributed by atoms with van der Waals surface area (Å²) in [7, 11) is 0. The fraction of sp³-hybridized carbons (Fsp3) is 0.300. The standard InChI is InChI=1S/C10H10N2O3S/c1-6-11-12-10(15-6)7(5-9(13)14)8-3-2-4-16-8/h2-4,7H,5H2,1H3,(H,13,14). The van der Waals surface area contributed by atoms with Crippen LogP contribution in [0.2, 0.25) is 0 Å². The first-order valence-electron chi connectivity index (χ1n) is 4.72. The number of aromatic nitrogens is 2. The SMILES string of the molecule is Cc1nnc(C(CC(=O)O)c2cccs2)o1. The molecule has 0 saturated heterocycles. The van der Waals surface area contributed by atoms with E-state index in [4.69, 9.17) is 9.52 Å². The summed E-state index contributed by atoms with van der Waals surface area (Å²) in [5.41, 5.74) is 0. The molecule has 0 aromatic carbocycles. The maximum atomic E-state index is 10.8. The Labute approximate surface area is 95.7 Å². The zero-order chi connectivity index (χ0) is 11.5. The summed E-state index contributed by atoms with van der Waals surface area (Å²) in [5.74, 6) is -0.419. The van der Waals surface area contributed by atoms with Gasteiger partial charge in [-0.1, -0.05) is 6.07 Å². The molecule has 1 unspecified atom stereocenters. The molecule has 2 aromatic rings. The minimum atomic E-state index is -0.880. The van der Waals surface area contributed by atoms with Crippen molar-refractivity contribution in [3.8, 4) is 0 Å². The largest absolute Gasteiger partial charge is 0.481 e. The summed E-state index contributed by atoms with van der Waals surface area (Å²) in [6, 6.07) is 3.75. The van der Waals surface area contributed by atoms with Crippen LogP contribution in [-0.2, 0) is 4.79 Å². The summed E-state index contributed by atoms with van der Waals surface area (Å²) in [6.45, 7) is 1.68. The van der Waals surface area contributed by atoms with Gasteiger partial charge in [-0.15, -0.1) is 21.5 Å². The monoisotopic (exact) mass is 238 g/mol. The van der Waals surface area contributed by atoms with E-state index in [1.807, 2.05) is 17.5 Å². The van der Waals surface area contributed by atoms with Crippen molar-refractivity contribution in [3.05, 3.63) is 34.2 Å². The molecule has 16 heavy (non-hydrogen) atoms. The van der Waals surface area contributed by atoms with Crippen molar-refractivity contribution in [3.63, 3.8) is 0 Å². The van der Waals surface area contributed by atoms with Crippen LogP contribution in [-0.4, -0.2) is 21.3 Å². The molecule has 0 fully saturated rings. The van der Waals surface area contributed by atoms with Crippen LogP contribution >= 0.6 is 11.3 Å². The number of hydrogen-bond acceptors (Lipinski definition) is 5. The van der Waals surface area contributed by atoms with E-state index in [0.29, 0.717) is 11.8 Å². The maximum absolute atomic E-state index is 10.8. The first kappa shape index (κ1) is 10.8. The number of carbonyl (C=O) groups is 1. The molecule has 2 rings (SSSR count). The fourth-order valence-electron chi connectivity index (χ4n) is 1.43. The van der Waals surface area contributed by atoms with Crippen molar-refractivity contribution in [1.29, 1.82) is 0 Å². The second-order valence-electron chi connectivity index (χ2n) is 3.33.